The lowest BCUT2D eigenvalue weighted by molar-refractivity contribution is 0.167. The van der Waals surface area contributed by atoms with Gasteiger partial charge in [-0.15, -0.1) is 0 Å². The molecule has 1 heterocycles. The molecule has 94 valence electrons. The molecule has 3 rings (SSSR count). The minimum Gasteiger partial charge on any atom is -0.496 e. The fourth-order valence-corrected chi connectivity index (χ4v) is 2.54. The molecule has 0 aliphatic heterocycles. The number of rotatable bonds is 3. The van der Waals surface area contributed by atoms with Gasteiger partial charge in [-0.3, -0.25) is 4.68 Å². The van der Waals surface area contributed by atoms with Gasteiger partial charge in [-0.25, -0.2) is 0 Å². The lowest BCUT2D eigenvalue weighted by Gasteiger charge is -2.12. The number of nitrogens with zero attached hydrogens (tertiary/aromatic N) is 2. The van der Waals surface area contributed by atoms with E-state index >= 15 is 0 Å². The zero-order valence-electron chi connectivity index (χ0n) is 10.6. The van der Waals surface area contributed by atoms with Gasteiger partial charge in [-0.2, -0.15) is 5.10 Å². The summed E-state index contributed by atoms with van der Waals surface area (Å²) in [5.74, 6) is 0.899. The predicted octanol–water partition coefficient (Wildman–Crippen LogP) is 0.0691. The number of hydrogen-bond donors (Lipinski definition) is 1. The summed E-state index contributed by atoms with van der Waals surface area (Å²) < 4.78 is 7.24. The summed E-state index contributed by atoms with van der Waals surface area (Å²) in [7, 11) is 1.69. The Morgan fingerprint density at radius 2 is 2.39 bits per heavy atom. The van der Waals surface area contributed by atoms with E-state index in [0.29, 0.717) is 6.54 Å². The van der Waals surface area contributed by atoms with Crippen molar-refractivity contribution in [1.82, 2.24) is 9.78 Å². The molecule has 0 saturated carbocycles. The van der Waals surface area contributed by atoms with E-state index in [0.717, 1.165) is 28.3 Å². The third kappa shape index (κ3) is 1.61. The van der Waals surface area contributed by atoms with Crippen LogP contribution in [0.3, 0.4) is 0 Å². The van der Waals surface area contributed by atoms with Gasteiger partial charge in [0.2, 0.25) is 0 Å². The molecule has 0 radical (unpaired) electrons. The van der Waals surface area contributed by atoms with Gasteiger partial charge in [0.25, 0.3) is 0 Å². The number of hydrogen-bond acceptors (Lipinski definition) is 3. The van der Waals surface area contributed by atoms with Crippen LogP contribution in [-0.2, 0) is 11.3 Å². The van der Waals surface area contributed by atoms with Gasteiger partial charge in [-0.1, -0.05) is 6.08 Å². The smallest absolute Gasteiger partial charge is 0.126 e. The Labute approximate surface area is 105 Å². The molecule has 2 aliphatic rings. The molecule has 0 aromatic carbocycles. The van der Waals surface area contributed by atoms with Crippen LogP contribution in [0.15, 0.2) is 29.7 Å². The number of fused-ring (bicyclic) bond motifs is 2. The van der Waals surface area contributed by atoms with Gasteiger partial charge in [0.05, 0.1) is 31.3 Å². The lowest BCUT2D eigenvalue weighted by Crippen LogP contribution is -2.30. The number of aromatic nitrogens is 2. The molecule has 1 N–H and O–H groups in total. The first-order chi connectivity index (χ1) is 8.70. The van der Waals surface area contributed by atoms with Crippen LogP contribution in [0.5, 0.6) is 0 Å². The summed E-state index contributed by atoms with van der Waals surface area (Å²) in [6, 6.07) is 0. The minimum atomic E-state index is -0.399. The standard InChI is InChI=1S/C14H16N2O2/c1-9(17)8-16-13-6-11-10(12(13)7-15-16)4-3-5-14(11)18-2/h3,5-7,9,17H,4,8H2,1-2H3/t9-/m0/s1. The molecule has 1 atom stereocenters. The first-order valence-corrected chi connectivity index (χ1v) is 6.10. The monoisotopic (exact) mass is 244 g/mol. The van der Waals surface area contributed by atoms with E-state index in [9.17, 15) is 5.11 Å². The molecule has 4 heteroatoms. The maximum absolute atomic E-state index is 9.48. The molecular formula is C14H16N2O2. The average Bonchev–Trinajstić information content (AvgIpc) is 2.88. The number of ether oxygens (including phenoxy) is 1. The molecule has 18 heavy (non-hydrogen) atoms. The summed E-state index contributed by atoms with van der Waals surface area (Å²) in [5, 5.41) is 16.0. The summed E-state index contributed by atoms with van der Waals surface area (Å²) >= 11 is 0. The van der Waals surface area contributed by atoms with Gasteiger partial charge in [-0.05, 0) is 31.1 Å². The molecule has 1 aromatic rings. The Kier molecular flexibility index (Phi) is 2.59. The van der Waals surface area contributed by atoms with Gasteiger partial charge >= 0.3 is 0 Å². The van der Waals surface area contributed by atoms with Crippen LogP contribution < -0.4 is 10.6 Å². The van der Waals surface area contributed by atoms with Crippen LogP contribution in [0.25, 0.3) is 11.6 Å². The van der Waals surface area contributed by atoms with E-state index in [-0.39, 0.29) is 0 Å². The van der Waals surface area contributed by atoms with Crippen molar-refractivity contribution in [2.24, 2.45) is 0 Å². The van der Waals surface area contributed by atoms with Crippen LogP contribution in [0.1, 0.15) is 13.3 Å². The number of aliphatic hydroxyl groups excluding tert-OH is 1. The fraction of sp³-hybridized carbons (Fsp3) is 0.357. The Bertz CT molecular complexity index is 662. The third-order valence-electron chi connectivity index (χ3n) is 3.33. The van der Waals surface area contributed by atoms with Crippen molar-refractivity contribution >= 4 is 11.6 Å². The normalized spacial score (nSPS) is 18.5. The van der Waals surface area contributed by atoms with E-state index < -0.39 is 6.10 Å². The Morgan fingerprint density at radius 3 is 3.11 bits per heavy atom. The Hall–Kier alpha value is -1.81. The summed E-state index contributed by atoms with van der Waals surface area (Å²) in [4.78, 5) is 0. The topological polar surface area (TPSA) is 47.3 Å². The number of methoxy groups -OCH3 is 1. The quantitative estimate of drug-likeness (QED) is 0.818. The van der Waals surface area contributed by atoms with Gasteiger partial charge in [0, 0.05) is 10.8 Å². The second kappa shape index (κ2) is 4.14. The second-order valence-corrected chi connectivity index (χ2v) is 4.69. The van der Waals surface area contributed by atoms with E-state index in [1.54, 1.807) is 14.0 Å². The lowest BCUT2D eigenvalue weighted by atomic mass is 9.99. The molecule has 0 bridgehead atoms. The highest BCUT2D eigenvalue weighted by Crippen LogP contribution is 2.27. The van der Waals surface area contributed by atoms with Gasteiger partial charge in [0.15, 0.2) is 0 Å². The zero-order valence-corrected chi connectivity index (χ0v) is 10.6. The summed E-state index contributed by atoms with van der Waals surface area (Å²) in [5.41, 5.74) is 2.41. The van der Waals surface area contributed by atoms with Crippen molar-refractivity contribution in [2.75, 3.05) is 7.11 Å². The molecule has 1 aromatic heterocycles. The van der Waals surface area contributed by atoms with E-state index in [4.69, 9.17) is 4.74 Å². The number of allylic oxidation sites excluding steroid dienone is 3. The van der Waals surface area contributed by atoms with Crippen molar-refractivity contribution in [2.45, 2.75) is 26.0 Å². The van der Waals surface area contributed by atoms with Crippen molar-refractivity contribution in [3.63, 3.8) is 0 Å². The predicted molar refractivity (Wildman–Crippen MR) is 68.8 cm³/mol. The van der Waals surface area contributed by atoms with Crippen molar-refractivity contribution in [1.29, 1.82) is 0 Å². The summed E-state index contributed by atoms with van der Waals surface area (Å²) in [6.07, 6.45) is 8.60. The molecule has 4 nitrogen and oxygen atoms in total. The summed E-state index contributed by atoms with van der Waals surface area (Å²) in [6.45, 7) is 2.28. The highest BCUT2D eigenvalue weighted by Gasteiger charge is 2.20. The number of aliphatic hydroxyl groups is 1. The van der Waals surface area contributed by atoms with Crippen molar-refractivity contribution < 1.29 is 9.84 Å². The van der Waals surface area contributed by atoms with E-state index in [2.05, 4.69) is 17.3 Å². The highest BCUT2D eigenvalue weighted by molar-refractivity contribution is 5.84. The van der Waals surface area contributed by atoms with E-state index in [1.807, 2.05) is 17.0 Å². The first-order valence-electron chi connectivity index (χ1n) is 6.10. The fourth-order valence-electron chi connectivity index (χ4n) is 2.54. The molecule has 2 aliphatic carbocycles. The van der Waals surface area contributed by atoms with Crippen LogP contribution >= 0.6 is 0 Å². The van der Waals surface area contributed by atoms with Crippen LogP contribution in [0.2, 0.25) is 0 Å². The van der Waals surface area contributed by atoms with Crippen molar-refractivity contribution in [3.8, 4) is 0 Å². The van der Waals surface area contributed by atoms with E-state index in [1.165, 1.54) is 5.57 Å². The zero-order chi connectivity index (χ0) is 12.7. The van der Waals surface area contributed by atoms with Crippen LogP contribution in [-0.4, -0.2) is 28.1 Å². The Morgan fingerprint density at radius 1 is 1.56 bits per heavy atom. The average molecular weight is 244 g/mol. The first kappa shape index (κ1) is 11.3. The van der Waals surface area contributed by atoms with Gasteiger partial charge in [0.1, 0.15) is 5.76 Å². The minimum absolute atomic E-state index is 0.399. The van der Waals surface area contributed by atoms with Crippen LogP contribution in [0, 0.1) is 0 Å². The van der Waals surface area contributed by atoms with Gasteiger partial charge < -0.3 is 9.84 Å². The third-order valence-corrected chi connectivity index (χ3v) is 3.33. The molecule has 0 spiro atoms. The molecule has 0 saturated heterocycles. The maximum Gasteiger partial charge on any atom is 0.126 e. The molecular weight excluding hydrogens is 228 g/mol. The molecule has 0 amide bonds. The Balaban J connectivity index is 2.18. The van der Waals surface area contributed by atoms with Crippen molar-refractivity contribution in [3.05, 3.63) is 40.2 Å². The second-order valence-electron chi connectivity index (χ2n) is 4.69. The maximum atomic E-state index is 9.48. The molecule has 0 unspecified atom stereocenters. The largest absolute Gasteiger partial charge is 0.496 e. The highest BCUT2D eigenvalue weighted by atomic mass is 16.5. The SMILES string of the molecule is COC1=C2C=c3c(cnn3C[C@H](C)O)=C2CC=C1. The molecule has 0 fully saturated rings. The van der Waals surface area contributed by atoms with Crippen LogP contribution in [0.4, 0.5) is 0 Å².